The average molecular weight is 457 g/mol. The predicted molar refractivity (Wildman–Crippen MR) is 130 cm³/mol. The lowest BCUT2D eigenvalue weighted by atomic mass is 9.98. The van der Waals surface area contributed by atoms with Crippen LogP contribution < -0.4 is 5.32 Å². The zero-order valence-electron chi connectivity index (χ0n) is 19.3. The van der Waals surface area contributed by atoms with E-state index in [1.807, 2.05) is 30.3 Å². The van der Waals surface area contributed by atoms with Crippen LogP contribution in [0.15, 0.2) is 54.6 Å². The summed E-state index contributed by atoms with van der Waals surface area (Å²) in [6, 6.07) is 18.5. The first-order valence-corrected chi connectivity index (χ1v) is 13.3. The van der Waals surface area contributed by atoms with Gasteiger partial charge < -0.3 is 5.32 Å². The smallest absolute Gasteiger partial charge is 0.224 e. The highest BCUT2D eigenvalue weighted by molar-refractivity contribution is 7.89. The highest BCUT2D eigenvalue weighted by Crippen LogP contribution is 2.21. The summed E-state index contributed by atoms with van der Waals surface area (Å²) in [5.74, 6) is 0.333. The summed E-state index contributed by atoms with van der Waals surface area (Å²) in [6.45, 7) is 5.72. The molecule has 0 saturated carbocycles. The third-order valence-electron chi connectivity index (χ3n) is 6.22. The quantitative estimate of drug-likeness (QED) is 0.584. The molecule has 1 N–H and O–H groups in total. The van der Waals surface area contributed by atoms with Gasteiger partial charge in [0.1, 0.15) is 0 Å². The third kappa shape index (κ3) is 7.17. The van der Waals surface area contributed by atoms with E-state index in [1.54, 1.807) is 0 Å². The van der Waals surface area contributed by atoms with Gasteiger partial charge in [-0.25, -0.2) is 12.7 Å². The van der Waals surface area contributed by atoms with E-state index in [4.69, 9.17) is 0 Å². The van der Waals surface area contributed by atoms with Gasteiger partial charge in [0, 0.05) is 19.6 Å². The zero-order chi connectivity index (χ0) is 23.0. The topological polar surface area (TPSA) is 66.5 Å². The molecule has 0 bridgehead atoms. The molecular formula is C26H36N2O3S. The Morgan fingerprint density at radius 1 is 1.03 bits per heavy atom. The maximum atomic E-state index is 12.8. The fourth-order valence-electron chi connectivity index (χ4n) is 4.19. The van der Waals surface area contributed by atoms with Crippen LogP contribution in [0, 0.1) is 5.92 Å². The summed E-state index contributed by atoms with van der Waals surface area (Å²) in [4.78, 5) is 12.7. The number of amides is 1. The van der Waals surface area contributed by atoms with E-state index in [-0.39, 0.29) is 17.6 Å². The van der Waals surface area contributed by atoms with Crippen molar-refractivity contribution in [3.05, 3.63) is 71.3 Å². The highest BCUT2D eigenvalue weighted by atomic mass is 32.2. The maximum absolute atomic E-state index is 12.8. The van der Waals surface area contributed by atoms with E-state index in [0.29, 0.717) is 32.0 Å². The van der Waals surface area contributed by atoms with Crippen molar-refractivity contribution in [2.45, 2.75) is 51.9 Å². The van der Waals surface area contributed by atoms with Crippen LogP contribution >= 0.6 is 0 Å². The summed E-state index contributed by atoms with van der Waals surface area (Å²) in [5.41, 5.74) is 3.66. The molecule has 2 aromatic carbocycles. The first-order chi connectivity index (χ1) is 15.3. The normalized spacial score (nSPS) is 17.4. The molecule has 174 valence electrons. The number of nitrogens with zero attached hydrogens (tertiary/aromatic N) is 1. The first-order valence-electron chi connectivity index (χ1n) is 11.7. The second-order valence-corrected chi connectivity index (χ2v) is 11.1. The van der Waals surface area contributed by atoms with E-state index in [1.165, 1.54) is 15.4 Å². The molecule has 1 aliphatic heterocycles. The molecule has 1 amide bonds. The Bertz CT molecular complexity index is 956. The molecular weight excluding hydrogens is 420 g/mol. The number of carbonyl (C=O) groups is 1. The largest absolute Gasteiger partial charge is 0.355 e. The molecule has 32 heavy (non-hydrogen) atoms. The molecule has 0 unspecified atom stereocenters. The number of sulfonamides is 1. The minimum atomic E-state index is -3.34. The summed E-state index contributed by atoms with van der Waals surface area (Å²) < 4.78 is 27.1. The molecule has 0 radical (unpaired) electrons. The summed E-state index contributed by atoms with van der Waals surface area (Å²) in [5, 5.41) is 3.01. The van der Waals surface area contributed by atoms with Crippen LogP contribution in [0.3, 0.4) is 0 Å². The van der Waals surface area contributed by atoms with Crippen molar-refractivity contribution >= 4 is 15.9 Å². The number of nitrogens with one attached hydrogen (secondary N) is 1. The van der Waals surface area contributed by atoms with Crippen LogP contribution in [0.1, 0.15) is 55.7 Å². The monoisotopic (exact) mass is 456 g/mol. The highest BCUT2D eigenvalue weighted by Gasteiger charge is 2.31. The van der Waals surface area contributed by atoms with Gasteiger partial charge in [-0.15, -0.1) is 0 Å². The summed E-state index contributed by atoms with van der Waals surface area (Å²) in [7, 11) is -3.34. The Kier molecular flexibility index (Phi) is 8.88. The summed E-state index contributed by atoms with van der Waals surface area (Å²) in [6.07, 6.45) is 3.58. The van der Waals surface area contributed by atoms with Crippen molar-refractivity contribution in [1.82, 2.24) is 9.62 Å². The van der Waals surface area contributed by atoms with Gasteiger partial charge in [0.15, 0.2) is 0 Å². The fraction of sp³-hybridized carbons (Fsp3) is 0.500. The van der Waals surface area contributed by atoms with E-state index < -0.39 is 10.0 Å². The van der Waals surface area contributed by atoms with Crippen molar-refractivity contribution in [2.24, 2.45) is 5.92 Å². The van der Waals surface area contributed by atoms with Gasteiger partial charge in [-0.1, -0.05) is 68.4 Å². The summed E-state index contributed by atoms with van der Waals surface area (Å²) >= 11 is 0. The molecule has 0 aromatic heterocycles. The van der Waals surface area contributed by atoms with Crippen molar-refractivity contribution in [1.29, 1.82) is 0 Å². The first kappa shape index (κ1) is 24.5. The molecule has 0 spiro atoms. The van der Waals surface area contributed by atoms with Gasteiger partial charge in [0.05, 0.1) is 11.7 Å². The van der Waals surface area contributed by atoms with Crippen molar-refractivity contribution in [3.8, 4) is 0 Å². The van der Waals surface area contributed by atoms with Crippen LogP contribution in [-0.4, -0.2) is 44.0 Å². The molecule has 1 saturated heterocycles. The second kappa shape index (κ2) is 11.6. The van der Waals surface area contributed by atoms with Gasteiger partial charge in [0.2, 0.25) is 15.9 Å². The van der Waals surface area contributed by atoms with E-state index in [2.05, 4.69) is 43.4 Å². The Balaban J connectivity index is 1.44. The molecule has 3 rings (SSSR count). The number of hydrogen-bond donors (Lipinski definition) is 1. The molecule has 5 nitrogen and oxygen atoms in total. The molecule has 1 heterocycles. The van der Waals surface area contributed by atoms with Gasteiger partial charge in [-0.2, -0.15) is 0 Å². The Labute approximate surface area is 193 Å². The number of aryl methyl sites for hydroxylation is 1. The van der Waals surface area contributed by atoms with E-state index in [0.717, 1.165) is 31.2 Å². The number of hydrogen-bond acceptors (Lipinski definition) is 3. The van der Waals surface area contributed by atoms with E-state index in [9.17, 15) is 13.2 Å². The Morgan fingerprint density at radius 3 is 2.41 bits per heavy atom. The van der Waals surface area contributed by atoms with Crippen molar-refractivity contribution in [3.63, 3.8) is 0 Å². The predicted octanol–water partition coefficient (Wildman–Crippen LogP) is 4.14. The third-order valence-corrected chi connectivity index (χ3v) is 8.14. The Hall–Kier alpha value is -2.18. The Morgan fingerprint density at radius 2 is 1.72 bits per heavy atom. The van der Waals surface area contributed by atoms with Gasteiger partial charge in [-0.3, -0.25) is 4.79 Å². The number of benzene rings is 2. The van der Waals surface area contributed by atoms with Gasteiger partial charge >= 0.3 is 0 Å². The van der Waals surface area contributed by atoms with Crippen LogP contribution in [0.5, 0.6) is 0 Å². The number of rotatable bonds is 10. The number of carbonyl (C=O) groups excluding carboxylic acids is 1. The lowest BCUT2D eigenvalue weighted by molar-refractivity contribution is -0.126. The average Bonchev–Trinajstić information content (AvgIpc) is 2.80. The van der Waals surface area contributed by atoms with Crippen LogP contribution in [0.25, 0.3) is 0 Å². The minimum absolute atomic E-state index is 0.0343. The molecule has 6 heteroatoms. The SMILES string of the molecule is CC(C)c1ccc(CCNC(=O)[C@@H]2CCCN(S(=O)(=O)CCCc3ccccc3)C2)cc1. The standard InChI is InChI=1S/C26H36N2O3S/c1-21(2)24-14-12-23(13-15-24)16-17-27-26(29)25-11-6-18-28(20-25)32(30,31)19-7-10-22-8-4-3-5-9-22/h3-5,8-9,12-15,21,25H,6-7,10-11,16-20H2,1-2H3,(H,27,29)/t25-/m1/s1. The molecule has 1 atom stereocenters. The van der Waals surface area contributed by atoms with Crippen LogP contribution in [-0.2, 0) is 27.7 Å². The van der Waals surface area contributed by atoms with Gasteiger partial charge in [-0.05, 0) is 54.7 Å². The van der Waals surface area contributed by atoms with E-state index >= 15 is 0 Å². The second-order valence-electron chi connectivity index (χ2n) is 9.04. The van der Waals surface area contributed by atoms with Crippen molar-refractivity contribution < 1.29 is 13.2 Å². The number of piperidine rings is 1. The molecule has 0 aliphatic carbocycles. The van der Waals surface area contributed by atoms with Gasteiger partial charge in [0.25, 0.3) is 0 Å². The van der Waals surface area contributed by atoms with Crippen molar-refractivity contribution in [2.75, 3.05) is 25.4 Å². The molecule has 1 fully saturated rings. The molecule has 2 aromatic rings. The van der Waals surface area contributed by atoms with Crippen LogP contribution in [0.4, 0.5) is 0 Å². The lowest BCUT2D eigenvalue weighted by Gasteiger charge is -2.31. The minimum Gasteiger partial charge on any atom is -0.355 e. The maximum Gasteiger partial charge on any atom is 0.224 e. The zero-order valence-corrected chi connectivity index (χ0v) is 20.1. The fourth-order valence-corrected chi connectivity index (χ4v) is 5.77. The van der Waals surface area contributed by atoms with Crippen LogP contribution in [0.2, 0.25) is 0 Å². The molecule has 1 aliphatic rings. The lowest BCUT2D eigenvalue weighted by Crippen LogP contribution is -2.46.